The summed E-state index contributed by atoms with van der Waals surface area (Å²) in [4.78, 5) is 10.8. The van der Waals surface area contributed by atoms with Gasteiger partial charge in [0.25, 0.3) is 0 Å². The molecule has 88 valence electrons. The van der Waals surface area contributed by atoms with Crippen LogP contribution in [-0.2, 0) is 0 Å². The van der Waals surface area contributed by atoms with Crippen molar-refractivity contribution in [2.75, 3.05) is 0 Å². The van der Waals surface area contributed by atoms with Crippen molar-refractivity contribution >= 4 is 37.8 Å². The summed E-state index contributed by atoms with van der Waals surface area (Å²) < 4.78 is 15.9. The number of rotatable bonds is 2. The molecule has 7 heteroatoms. The number of carbonyl (C=O) groups is 1. The molecule has 0 fully saturated rings. The molecule has 2 rings (SSSR count). The Labute approximate surface area is 112 Å². The Kier molecular flexibility index (Phi) is 3.30. The van der Waals surface area contributed by atoms with E-state index >= 15 is 0 Å². The average molecular weight is 364 g/mol. The molecule has 0 radical (unpaired) electrons. The van der Waals surface area contributed by atoms with E-state index in [1.165, 1.54) is 23.0 Å². The maximum atomic E-state index is 13.9. The maximum absolute atomic E-state index is 13.9. The second kappa shape index (κ2) is 4.58. The topological polar surface area (TPSA) is 55.1 Å². The molecule has 0 aliphatic carbocycles. The molecule has 0 spiro atoms. The number of hydrogen-bond donors (Lipinski definition) is 1. The molecule has 0 unspecified atom stereocenters. The minimum atomic E-state index is -1.19. The van der Waals surface area contributed by atoms with Crippen LogP contribution in [0.2, 0.25) is 0 Å². The summed E-state index contributed by atoms with van der Waals surface area (Å²) in [6, 6.07) is 2.68. The predicted molar refractivity (Wildman–Crippen MR) is 65.9 cm³/mol. The van der Waals surface area contributed by atoms with E-state index in [1.807, 2.05) is 0 Å². The monoisotopic (exact) mass is 362 g/mol. The molecule has 1 aromatic carbocycles. The zero-order valence-electron chi connectivity index (χ0n) is 8.19. The van der Waals surface area contributed by atoms with Gasteiger partial charge in [0.05, 0.1) is 20.7 Å². The van der Waals surface area contributed by atoms with Gasteiger partial charge in [-0.2, -0.15) is 5.10 Å². The third-order valence-electron chi connectivity index (χ3n) is 2.09. The first kappa shape index (κ1) is 12.3. The molecule has 0 bridgehead atoms. The number of aromatic carboxylic acids is 1. The van der Waals surface area contributed by atoms with E-state index in [4.69, 9.17) is 5.11 Å². The molecular weight excluding hydrogens is 359 g/mol. The van der Waals surface area contributed by atoms with Gasteiger partial charge in [-0.05, 0) is 44.0 Å². The van der Waals surface area contributed by atoms with Gasteiger partial charge in [-0.15, -0.1) is 0 Å². The van der Waals surface area contributed by atoms with Crippen molar-refractivity contribution in [1.82, 2.24) is 9.78 Å². The standard InChI is InChI=1S/C10H5Br2FN2O2/c11-5-3-14-15(4-5)7-2-1-6(10(16)17)8(12)9(7)13/h1-4H,(H,16,17). The Morgan fingerprint density at radius 1 is 1.41 bits per heavy atom. The molecule has 1 heterocycles. The van der Waals surface area contributed by atoms with Gasteiger partial charge in [0.2, 0.25) is 0 Å². The Hall–Kier alpha value is -1.21. The summed E-state index contributed by atoms with van der Waals surface area (Å²) in [5.74, 6) is -1.86. The number of aromatic nitrogens is 2. The fourth-order valence-electron chi connectivity index (χ4n) is 1.31. The molecule has 1 aromatic heterocycles. The van der Waals surface area contributed by atoms with E-state index in [0.29, 0.717) is 4.47 Å². The zero-order chi connectivity index (χ0) is 12.6. The van der Waals surface area contributed by atoms with Crippen molar-refractivity contribution in [2.24, 2.45) is 0 Å². The maximum Gasteiger partial charge on any atom is 0.336 e. The van der Waals surface area contributed by atoms with Crippen LogP contribution in [0, 0.1) is 5.82 Å². The van der Waals surface area contributed by atoms with Gasteiger partial charge in [0, 0.05) is 6.20 Å². The van der Waals surface area contributed by atoms with Crippen molar-refractivity contribution in [3.05, 3.63) is 44.9 Å². The van der Waals surface area contributed by atoms with Crippen LogP contribution in [0.15, 0.2) is 33.5 Å². The number of carboxylic acids is 1. The van der Waals surface area contributed by atoms with E-state index in [-0.39, 0.29) is 15.7 Å². The lowest BCUT2D eigenvalue weighted by molar-refractivity contribution is 0.0695. The third-order valence-corrected chi connectivity index (χ3v) is 3.28. The number of hydrogen-bond acceptors (Lipinski definition) is 2. The van der Waals surface area contributed by atoms with E-state index in [0.717, 1.165) is 0 Å². The predicted octanol–water partition coefficient (Wildman–Crippen LogP) is 3.23. The molecule has 1 N–H and O–H groups in total. The van der Waals surface area contributed by atoms with E-state index in [2.05, 4.69) is 37.0 Å². The summed E-state index contributed by atoms with van der Waals surface area (Å²) in [7, 11) is 0. The first-order valence-electron chi connectivity index (χ1n) is 4.42. The minimum absolute atomic E-state index is 0.0888. The van der Waals surface area contributed by atoms with E-state index < -0.39 is 11.8 Å². The third kappa shape index (κ3) is 2.25. The summed E-state index contributed by atoms with van der Waals surface area (Å²) in [6.45, 7) is 0. The lowest BCUT2D eigenvalue weighted by Gasteiger charge is -2.06. The Balaban J connectivity index is 2.58. The highest BCUT2D eigenvalue weighted by Crippen LogP contribution is 2.26. The van der Waals surface area contributed by atoms with Crippen LogP contribution in [0.5, 0.6) is 0 Å². The molecule has 0 amide bonds. The van der Waals surface area contributed by atoms with Crippen molar-refractivity contribution in [1.29, 1.82) is 0 Å². The summed E-state index contributed by atoms with van der Waals surface area (Å²) >= 11 is 6.13. The normalized spacial score (nSPS) is 10.5. The quantitative estimate of drug-likeness (QED) is 0.891. The van der Waals surface area contributed by atoms with Crippen LogP contribution in [-0.4, -0.2) is 20.9 Å². The largest absolute Gasteiger partial charge is 0.478 e. The highest BCUT2D eigenvalue weighted by Gasteiger charge is 2.17. The molecule has 17 heavy (non-hydrogen) atoms. The lowest BCUT2D eigenvalue weighted by atomic mass is 10.2. The fraction of sp³-hybridized carbons (Fsp3) is 0. The van der Waals surface area contributed by atoms with Crippen LogP contribution in [0.25, 0.3) is 5.69 Å². The van der Waals surface area contributed by atoms with Gasteiger partial charge in [0.15, 0.2) is 5.82 Å². The average Bonchev–Trinajstić information content (AvgIpc) is 2.68. The first-order valence-corrected chi connectivity index (χ1v) is 6.01. The highest BCUT2D eigenvalue weighted by molar-refractivity contribution is 9.10. The van der Waals surface area contributed by atoms with E-state index in [1.54, 1.807) is 6.20 Å². The second-order valence-electron chi connectivity index (χ2n) is 3.17. The van der Waals surface area contributed by atoms with Crippen molar-refractivity contribution in [3.8, 4) is 5.69 Å². The number of nitrogens with zero attached hydrogens (tertiary/aromatic N) is 2. The number of benzene rings is 1. The molecular formula is C10H5Br2FN2O2. The van der Waals surface area contributed by atoms with Crippen LogP contribution in [0.3, 0.4) is 0 Å². The Morgan fingerprint density at radius 2 is 2.12 bits per heavy atom. The summed E-state index contributed by atoms with van der Waals surface area (Å²) in [5, 5.41) is 12.8. The van der Waals surface area contributed by atoms with E-state index in [9.17, 15) is 9.18 Å². The fourth-order valence-corrected chi connectivity index (χ4v) is 2.10. The molecule has 0 aliphatic heterocycles. The van der Waals surface area contributed by atoms with Gasteiger partial charge >= 0.3 is 5.97 Å². The molecule has 0 aliphatic rings. The van der Waals surface area contributed by atoms with Crippen molar-refractivity contribution in [2.45, 2.75) is 0 Å². The second-order valence-corrected chi connectivity index (χ2v) is 4.88. The van der Waals surface area contributed by atoms with Gasteiger partial charge < -0.3 is 5.11 Å². The molecule has 0 atom stereocenters. The smallest absolute Gasteiger partial charge is 0.336 e. The first-order chi connectivity index (χ1) is 8.00. The Bertz CT molecular complexity index is 598. The SMILES string of the molecule is O=C(O)c1ccc(-n2cc(Br)cn2)c(F)c1Br. The minimum Gasteiger partial charge on any atom is -0.478 e. The number of halogens is 3. The summed E-state index contributed by atoms with van der Waals surface area (Å²) in [5.41, 5.74) is 0.0463. The van der Waals surface area contributed by atoms with Crippen LogP contribution in [0.4, 0.5) is 4.39 Å². The lowest BCUT2D eigenvalue weighted by Crippen LogP contribution is -2.04. The van der Waals surface area contributed by atoms with Gasteiger partial charge in [-0.1, -0.05) is 0 Å². The summed E-state index contributed by atoms with van der Waals surface area (Å²) in [6.07, 6.45) is 3.09. The van der Waals surface area contributed by atoms with Crippen LogP contribution >= 0.6 is 31.9 Å². The van der Waals surface area contributed by atoms with Gasteiger partial charge in [-0.3, -0.25) is 0 Å². The number of carboxylic acid groups (broad SMARTS) is 1. The van der Waals surface area contributed by atoms with Gasteiger partial charge in [0.1, 0.15) is 5.69 Å². The molecule has 2 aromatic rings. The van der Waals surface area contributed by atoms with Crippen molar-refractivity contribution < 1.29 is 14.3 Å². The molecule has 0 saturated heterocycles. The zero-order valence-corrected chi connectivity index (χ0v) is 11.4. The molecule has 4 nitrogen and oxygen atoms in total. The van der Waals surface area contributed by atoms with Gasteiger partial charge in [-0.25, -0.2) is 13.9 Å². The van der Waals surface area contributed by atoms with Crippen LogP contribution < -0.4 is 0 Å². The Morgan fingerprint density at radius 3 is 2.65 bits per heavy atom. The van der Waals surface area contributed by atoms with Crippen molar-refractivity contribution in [3.63, 3.8) is 0 Å². The van der Waals surface area contributed by atoms with Crippen LogP contribution in [0.1, 0.15) is 10.4 Å². The highest BCUT2D eigenvalue weighted by atomic mass is 79.9. The molecule has 0 saturated carbocycles.